The number of benzene rings is 2. The van der Waals surface area contributed by atoms with Crippen molar-refractivity contribution in [2.75, 3.05) is 48.3 Å². The number of thiazole rings is 1. The van der Waals surface area contributed by atoms with E-state index in [0.717, 1.165) is 38.8 Å². The fourth-order valence-corrected chi connectivity index (χ4v) is 8.61. The van der Waals surface area contributed by atoms with Crippen molar-refractivity contribution in [3.05, 3.63) is 95.3 Å². The lowest BCUT2D eigenvalue weighted by molar-refractivity contribution is -0.144. The van der Waals surface area contributed by atoms with E-state index in [9.17, 15) is 24.6 Å². The van der Waals surface area contributed by atoms with Crippen molar-refractivity contribution in [2.24, 2.45) is 5.41 Å². The molecule has 0 saturated carbocycles. The molecule has 2 fully saturated rings. The number of carbonyl (C=O) groups excluding carboxylic acids is 3. The number of aromatic nitrogens is 4. The third-order valence-corrected chi connectivity index (χ3v) is 12.1. The maximum Gasteiger partial charge on any atom is 0.246 e. The van der Waals surface area contributed by atoms with Gasteiger partial charge in [0.2, 0.25) is 17.7 Å². The molecular formula is C44H52N10O5S. The zero-order valence-electron chi connectivity index (χ0n) is 34.5. The number of phenolic OH excluding ortho intramolecular Hbond substituents is 1. The molecule has 2 saturated heterocycles. The van der Waals surface area contributed by atoms with Crippen LogP contribution in [0.4, 0.5) is 17.3 Å². The maximum atomic E-state index is 14.3. The molecule has 3 aromatic heterocycles. The lowest BCUT2D eigenvalue weighted by atomic mass is 9.85. The van der Waals surface area contributed by atoms with Crippen molar-refractivity contribution < 1.29 is 24.6 Å². The zero-order chi connectivity index (χ0) is 42.7. The number of rotatable bonds is 11. The first-order chi connectivity index (χ1) is 28.7. The van der Waals surface area contributed by atoms with Gasteiger partial charge in [-0.1, -0.05) is 57.2 Å². The number of nitrogen functional groups attached to an aromatic ring is 1. The van der Waals surface area contributed by atoms with Crippen LogP contribution in [-0.4, -0.2) is 104 Å². The van der Waals surface area contributed by atoms with Crippen LogP contribution in [0.2, 0.25) is 0 Å². The average Bonchev–Trinajstić information content (AvgIpc) is 3.85. The van der Waals surface area contributed by atoms with Gasteiger partial charge in [0.1, 0.15) is 23.7 Å². The predicted octanol–water partition coefficient (Wildman–Crippen LogP) is 4.50. The Morgan fingerprint density at radius 2 is 1.67 bits per heavy atom. The molecule has 2 aliphatic rings. The number of para-hydroxylation sites is 1. The topological polar surface area (TPSA) is 203 Å². The molecule has 0 spiro atoms. The number of likely N-dealkylation sites (tertiary alicyclic amines) is 1. The molecule has 2 aromatic carbocycles. The second-order valence-corrected chi connectivity index (χ2v) is 17.4. The maximum absolute atomic E-state index is 14.3. The number of nitrogens with one attached hydrogen (secondary N) is 2. The van der Waals surface area contributed by atoms with Crippen LogP contribution < -0.4 is 26.2 Å². The van der Waals surface area contributed by atoms with Gasteiger partial charge in [-0.3, -0.25) is 14.4 Å². The molecule has 3 amide bonds. The summed E-state index contributed by atoms with van der Waals surface area (Å²) in [6.45, 7) is 12.0. The predicted molar refractivity (Wildman–Crippen MR) is 232 cm³/mol. The quantitative estimate of drug-likeness (QED) is 0.125. The summed E-state index contributed by atoms with van der Waals surface area (Å²) in [6.07, 6.45) is 0.899. The monoisotopic (exact) mass is 832 g/mol. The molecule has 15 nitrogen and oxygen atoms in total. The normalized spacial score (nSPS) is 17.9. The van der Waals surface area contributed by atoms with E-state index in [1.807, 2.05) is 82.6 Å². The van der Waals surface area contributed by atoms with Crippen LogP contribution in [-0.2, 0) is 20.8 Å². The summed E-state index contributed by atoms with van der Waals surface area (Å²) >= 11 is 1.58. The number of carbonyl (C=O) groups is 3. The van der Waals surface area contributed by atoms with E-state index < -0.39 is 29.5 Å². The van der Waals surface area contributed by atoms with Crippen LogP contribution in [0.25, 0.3) is 21.7 Å². The summed E-state index contributed by atoms with van der Waals surface area (Å²) in [5.74, 6) is -0.00121. The van der Waals surface area contributed by atoms with Crippen molar-refractivity contribution in [3.63, 3.8) is 0 Å². The van der Waals surface area contributed by atoms with Gasteiger partial charge in [-0.2, -0.15) is 0 Å². The molecule has 7 rings (SSSR count). The van der Waals surface area contributed by atoms with Gasteiger partial charge in [-0.15, -0.1) is 21.5 Å². The number of aryl methyl sites for hydroxylation is 1. The average molecular weight is 833 g/mol. The van der Waals surface area contributed by atoms with E-state index in [1.165, 1.54) is 4.90 Å². The van der Waals surface area contributed by atoms with Crippen molar-refractivity contribution in [1.29, 1.82) is 0 Å². The fraction of sp³-hybridized carbons (Fsp3) is 0.386. The largest absolute Gasteiger partial charge is 0.507 e. The van der Waals surface area contributed by atoms with E-state index in [-0.39, 0.29) is 43.0 Å². The summed E-state index contributed by atoms with van der Waals surface area (Å²) < 4.78 is 0. The third-order valence-electron chi connectivity index (χ3n) is 11.2. The van der Waals surface area contributed by atoms with Gasteiger partial charge in [0, 0.05) is 50.9 Å². The molecule has 6 N–H and O–H groups in total. The van der Waals surface area contributed by atoms with E-state index in [2.05, 4.69) is 40.6 Å². The molecule has 0 unspecified atom stereocenters. The number of β-amino-alcohol motifs (C(OH)–C–C–N with tert-alkyl or cyclic N) is 1. The number of amides is 3. The Labute approximate surface area is 353 Å². The Bertz CT molecular complexity index is 2340. The first-order valence-corrected chi connectivity index (χ1v) is 21.0. The number of pyridine rings is 1. The lowest BCUT2D eigenvalue weighted by Gasteiger charge is -2.37. The zero-order valence-corrected chi connectivity index (χ0v) is 35.3. The van der Waals surface area contributed by atoms with Crippen LogP contribution in [0.3, 0.4) is 0 Å². The highest BCUT2D eigenvalue weighted by molar-refractivity contribution is 7.13. The molecule has 0 bridgehead atoms. The van der Waals surface area contributed by atoms with Crippen molar-refractivity contribution in [2.45, 2.75) is 71.7 Å². The molecule has 60 heavy (non-hydrogen) atoms. The van der Waals surface area contributed by atoms with Crippen molar-refractivity contribution in [3.8, 4) is 27.4 Å². The molecule has 0 radical (unpaired) electrons. The Hall–Kier alpha value is -6.13. The number of nitrogens with zero attached hydrogens (tertiary/aromatic N) is 7. The van der Waals surface area contributed by atoms with Crippen LogP contribution in [0.5, 0.6) is 5.75 Å². The summed E-state index contributed by atoms with van der Waals surface area (Å²) in [6, 6.07) is 18.2. The van der Waals surface area contributed by atoms with Crippen LogP contribution in [0.15, 0.2) is 78.4 Å². The van der Waals surface area contributed by atoms with E-state index in [4.69, 9.17) is 5.73 Å². The van der Waals surface area contributed by atoms with Crippen LogP contribution >= 0.6 is 11.3 Å². The van der Waals surface area contributed by atoms with Gasteiger partial charge in [0.15, 0.2) is 5.82 Å². The van der Waals surface area contributed by atoms with Crippen LogP contribution in [0, 0.1) is 12.3 Å². The third kappa shape index (κ3) is 9.34. The smallest absolute Gasteiger partial charge is 0.246 e. The molecule has 5 aromatic rings. The highest BCUT2D eigenvalue weighted by Gasteiger charge is 2.44. The van der Waals surface area contributed by atoms with Gasteiger partial charge < -0.3 is 41.3 Å². The fourth-order valence-electron chi connectivity index (χ4n) is 7.80. The van der Waals surface area contributed by atoms with Gasteiger partial charge in [-0.05, 0) is 66.3 Å². The number of anilines is 3. The standard InChI is InChI=1S/C44H52N10O5S/c1-26(29-10-12-30(13-11-29)39-27(2)47-25-60-39)48-42(58)35-22-31(55)24-54(35)43(59)40(44(3,4)5)49-38(57)21-28-14-15-46-37(20-28)53-18-16-52(17-19-53)34-23-33(50-51-41(34)45)32-8-6-7-9-36(32)56/h6-15,20,23,25-26,31,35,40,55-56H,16-19,21-22,24H2,1-5H3,(H2,45,51)(H,48,58)(H,49,57)/t26-,31+,35-,40+/m0/s1. The van der Waals surface area contributed by atoms with Gasteiger partial charge >= 0.3 is 0 Å². The minimum atomic E-state index is -0.957. The molecule has 0 aliphatic carbocycles. The number of nitrogens with two attached hydrogens (primary N) is 1. The number of piperazine rings is 1. The minimum Gasteiger partial charge on any atom is -0.507 e. The Morgan fingerprint density at radius 3 is 2.35 bits per heavy atom. The number of hydrogen-bond donors (Lipinski definition) is 5. The highest BCUT2D eigenvalue weighted by atomic mass is 32.1. The number of aliphatic hydroxyl groups is 1. The van der Waals surface area contributed by atoms with E-state index >= 15 is 0 Å². The molecule has 314 valence electrons. The molecule has 16 heteroatoms. The lowest BCUT2D eigenvalue weighted by Crippen LogP contribution is -2.58. The minimum absolute atomic E-state index is 0.00901. The number of aromatic hydroxyl groups is 1. The second-order valence-electron chi connectivity index (χ2n) is 16.6. The number of hydrogen-bond acceptors (Lipinski definition) is 13. The number of aliphatic hydroxyl groups excluding tert-OH is 1. The van der Waals surface area contributed by atoms with Crippen LogP contribution in [0.1, 0.15) is 57.0 Å². The van der Waals surface area contributed by atoms with E-state index in [0.29, 0.717) is 43.3 Å². The first-order valence-electron chi connectivity index (χ1n) is 20.1. The first kappa shape index (κ1) is 42.0. The van der Waals surface area contributed by atoms with E-state index in [1.54, 1.807) is 41.8 Å². The van der Waals surface area contributed by atoms with Crippen molar-refractivity contribution >= 4 is 46.4 Å². The SMILES string of the molecule is Cc1ncsc1-c1ccc([C@H](C)NC(=O)[C@@H]2C[C@@H](O)CN2C(=O)[C@@H](NC(=O)Cc2ccnc(N3CCN(c4cc(-c5ccccc5O)nnc4N)CC3)c2)C(C)(C)C)cc1. The molecular weight excluding hydrogens is 781 g/mol. The molecule has 4 atom stereocenters. The van der Waals surface area contributed by atoms with Gasteiger partial charge in [0.25, 0.3) is 0 Å². The van der Waals surface area contributed by atoms with Gasteiger partial charge in [0.05, 0.1) is 46.0 Å². The summed E-state index contributed by atoms with van der Waals surface area (Å²) in [5, 5.41) is 35.4. The number of phenols is 1. The second kappa shape index (κ2) is 17.6. The molecule has 2 aliphatic heterocycles. The summed E-state index contributed by atoms with van der Waals surface area (Å²) in [4.78, 5) is 57.3. The molecule has 5 heterocycles. The summed E-state index contributed by atoms with van der Waals surface area (Å²) in [7, 11) is 0. The van der Waals surface area contributed by atoms with Gasteiger partial charge in [-0.25, -0.2) is 9.97 Å². The Balaban J connectivity index is 0.965. The summed E-state index contributed by atoms with van der Waals surface area (Å²) in [5.41, 5.74) is 12.8. The highest BCUT2D eigenvalue weighted by Crippen LogP contribution is 2.33. The van der Waals surface area contributed by atoms with Crippen molar-refractivity contribution in [1.82, 2.24) is 35.7 Å². The Kier molecular flexibility index (Phi) is 12.3. The Morgan fingerprint density at radius 1 is 0.950 bits per heavy atom.